The molecule has 112 valence electrons. The van der Waals surface area contributed by atoms with Gasteiger partial charge in [-0.1, -0.05) is 16.8 Å². The van der Waals surface area contributed by atoms with Crippen LogP contribution in [0.3, 0.4) is 0 Å². The Bertz CT molecular complexity index is 623. The summed E-state index contributed by atoms with van der Waals surface area (Å²) in [6.07, 6.45) is 4.44. The summed E-state index contributed by atoms with van der Waals surface area (Å²) < 4.78 is 6.29. The molecule has 1 fully saturated rings. The van der Waals surface area contributed by atoms with Gasteiger partial charge in [-0.05, 0) is 72.3 Å². The lowest BCUT2D eigenvalue weighted by molar-refractivity contribution is 0.275. The van der Waals surface area contributed by atoms with Gasteiger partial charge >= 0.3 is 0 Å². The maximum Gasteiger partial charge on any atom is 0.230 e. The van der Waals surface area contributed by atoms with Gasteiger partial charge in [0.05, 0.1) is 5.02 Å². The zero-order valence-electron chi connectivity index (χ0n) is 11.6. The van der Waals surface area contributed by atoms with Crippen LogP contribution in [0.5, 0.6) is 0 Å². The van der Waals surface area contributed by atoms with Crippen molar-refractivity contribution >= 4 is 27.5 Å². The molecule has 0 radical (unpaired) electrons. The van der Waals surface area contributed by atoms with Crippen molar-refractivity contribution in [3.05, 3.63) is 33.6 Å². The minimum atomic E-state index is 0.366. The molecule has 21 heavy (non-hydrogen) atoms. The molecule has 0 atom stereocenters. The Labute approximate surface area is 137 Å². The number of halogens is 2. The van der Waals surface area contributed by atoms with Gasteiger partial charge in [0.1, 0.15) is 0 Å². The Morgan fingerprint density at radius 2 is 2.05 bits per heavy atom. The third-order valence-corrected chi connectivity index (χ3v) is 5.36. The van der Waals surface area contributed by atoms with Crippen molar-refractivity contribution in [1.82, 2.24) is 10.1 Å². The molecule has 1 aliphatic rings. The van der Waals surface area contributed by atoms with Crippen molar-refractivity contribution in [2.75, 3.05) is 6.54 Å². The molecular formula is C15H17BrClN3O. The molecule has 0 amide bonds. The van der Waals surface area contributed by atoms with Gasteiger partial charge in [-0.15, -0.1) is 0 Å². The highest BCUT2D eigenvalue weighted by molar-refractivity contribution is 9.10. The number of nitrogens with zero attached hydrogens (tertiary/aromatic N) is 2. The van der Waals surface area contributed by atoms with E-state index in [1.54, 1.807) is 0 Å². The smallest absolute Gasteiger partial charge is 0.230 e. The second kappa shape index (κ2) is 6.46. The van der Waals surface area contributed by atoms with Crippen LogP contribution in [0.4, 0.5) is 0 Å². The summed E-state index contributed by atoms with van der Waals surface area (Å²) in [6.45, 7) is 0.778. The van der Waals surface area contributed by atoms with Gasteiger partial charge in [-0.2, -0.15) is 4.98 Å². The maximum absolute atomic E-state index is 6.00. The number of hydrogen-bond donors (Lipinski definition) is 1. The molecule has 2 aromatic rings. The molecule has 1 heterocycles. The molecule has 2 N–H and O–H groups in total. The fraction of sp³-hybridized carbons (Fsp3) is 0.467. The third-order valence-electron chi connectivity index (χ3n) is 4.15. The normalized spacial score (nSPS) is 22.4. The molecule has 0 spiro atoms. The first-order valence-electron chi connectivity index (χ1n) is 7.16. The molecular weight excluding hydrogens is 354 g/mol. The fourth-order valence-corrected chi connectivity index (χ4v) is 3.29. The molecule has 0 saturated heterocycles. The van der Waals surface area contributed by atoms with Gasteiger partial charge in [0, 0.05) is 16.0 Å². The summed E-state index contributed by atoms with van der Waals surface area (Å²) in [5.41, 5.74) is 6.63. The van der Waals surface area contributed by atoms with Gasteiger partial charge in [0.2, 0.25) is 11.7 Å². The fourth-order valence-electron chi connectivity index (χ4n) is 2.80. The molecule has 1 aliphatic carbocycles. The van der Waals surface area contributed by atoms with Crippen LogP contribution in [-0.4, -0.2) is 16.7 Å². The first-order valence-corrected chi connectivity index (χ1v) is 8.33. The van der Waals surface area contributed by atoms with Crippen molar-refractivity contribution in [1.29, 1.82) is 0 Å². The standard InChI is InChI=1S/C15H17BrClN3O/c16-12-7-11(5-6-13(12)17)14-19-15(21-20-14)10-3-1-9(8-18)2-4-10/h5-7,9-10H,1-4,8,18H2. The number of benzene rings is 1. The largest absolute Gasteiger partial charge is 0.339 e. The molecule has 0 aliphatic heterocycles. The lowest BCUT2D eigenvalue weighted by atomic mass is 9.82. The van der Waals surface area contributed by atoms with Crippen molar-refractivity contribution in [3.8, 4) is 11.4 Å². The third kappa shape index (κ3) is 3.30. The van der Waals surface area contributed by atoms with E-state index in [4.69, 9.17) is 21.9 Å². The average Bonchev–Trinajstić information content (AvgIpc) is 3.00. The summed E-state index contributed by atoms with van der Waals surface area (Å²) >= 11 is 9.41. The number of rotatable bonds is 3. The van der Waals surface area contributed by atoms with Crippen LogP contribution in [0.25, 0.3) is 11.4 Å². The van der Waals surface area contributed by atoms with Crippen molar-refractivity contribution in [2.45, 2.75) is 31.6 Å². The molecule has 6 heteroatoms. The van der Waals surface area contributed by atoms with E-state index in [-0.39, 0.29) is 0 Å². The van der Waals surface area contributed by atoms with E-state index in [1.165, 1.54) is 0 Å². The van der Waals surface area contributed by atoms with Crippen LogP contribution >= 0.6 is 27.5 Å². The monoisotopic (exact) mass is 369 g/mol. The Kier molecular flexibility index (Phi) is 4.62. The zero-order chi connectivity index (χ0) is 14.8. The predicted octanol–water partition coefficient (Wildman–Crippen LogP) is 4.39. The molecule has 1 aromatic heterocycles. The molecule has 3 rings (SSSR count). The second-order valence-corrected chi connectivity index (χ2v) is 6.80. The van der Waals surface area contributed by atoms with Gasteiger partial charge in [-0.25, -0.2) is 0 Å². The Balaban J connectivity index is 1.76. The molecule has 1 saturated carbocycles. The SMILES string of the molecule is NCC1CCC(c2nc(-c3ccc(Cl)c(Br)c3)no2)CC1. The highest BCUT2D eigenvalue weighted by atomic mass is 79.9. The van der Waals surface area contributed by atoms with Gasteiger partial charge in [0.25, 0.3) is 0 Å². The molecule has 1 aromatic carbocycles. The Hall–Kier alpha value is -0.910. The van der Waals surface area contributed by atoms with Crippen LogP contribution in [0.15, 0.2) is 27.2 Å². The van der Waals surface area contributed by atoms with E-state index < -0.39 is 0 Å². The van der Waals surface area contributed by atoms with E-state index in [0.29, 0.717) is 22.7 Å². The van der Waals surface area contributed by atoms with Gasteiger partial charge < -0.3 is 10.3 Å². The molecule has 0 unspecified atom stereocenters. The summed E-state index contributed by atoms with van der Waals surface area (Å²) in [6, 6.07) is 5.62. The minimum Gasteiger partial charge on any atom is -0.339 e. The highest BCUT2D eigenvalue weighted by Gasteiger charge is 2.26. The molecule has 0 bridgehead atoms. The quantitative estimate of drug-likeness (QED) is 0.870. The van der Waals surface area contributed by atoms with Gasteiger partial charge in [-0.3, -0.25) is 0 Å². The Morgan fingerprint density at radius 3 is 2.71 bits per heavy atom. The van der Waals surface area contributed by atoms with Crippen LogP contribution in [0.1, 0.15) is 37.5 Å². The lowest BCUT2D eigenvalue weighted by Gasteiger charge is -2.24. The van der Waals surface area contributed by atoms with E-state index in [9.17, 15) is 0 Å². The highest BCUT2D eigenvalue weighted by Crippen LogP contribution is 2.35. The van der Waals surface area contributed by atoms with Crippen LogP contribution in [0.2, 0.25) is 5.02 Å². The number of aromatic nitrogens is 2. The van der Waals surface area contributed by atoms with E-state index in [1.807, 2.05) is 18.2 Å². The van der Waals surface area contributed by atoms with E-state index in [2.05, 4.69) is 26.1 Å². The molecule has 4 nitrogen and oxygen atoms in total. The number of nitrogens with two attached hydrogens (primary N) is 1. The first kappa shape index (κ1) is 15.0. The van der Waals surface area contributed by atoms with Crippen molar-refractivity contribution < 1.29 is 4.52 Å². The summed E-state index contributed by atoms with van der Waals surface area (Å²) in [5, 5.41) is 4.77. The minimum absolute atomic E-state index is 0.366. The summed E-state index contributed by atoms with van der Waals surface area (Å²) in [7, 11) is 0. The van der Waals surface area contributed by atoms with E-state index >= 15 is 0 Å². The predicted molar refractivity (Wildman–Crippen MR) is 86.2 cm³/mol. The van der Waals surface area contributed by atoms with Crippen LogP contribution in [-0.2, 0) is 0 Å². The second-order valence-electron chi connectivity index (χ2n) is 5.54. The van der Waals surface area contributed by atoms with Gasteiger partial charge in [0.15, 0.2) is 0 Å². The van der Waals surface area contributed by atoms with Crippen molar-refractivity contribution in [2.24, 2.45) is 11.7 Å². The zero-order valence-corrected chi connectivity index (χ0v) is 13.9. The van der Waals surface area contributed by atoms with Crippen LogP contribution < -0.4 is 5.73 Å². The summed E-state index contributed by atoms with van der Waals surface area (Å²) in [4.78, 5) is 4.55. The average molecular weight is 371 g/mol. The summed E-state index contributed by atoms with van der Waals surface area (Å²) in [5.74, 6) is 2.37. The Morgan fingerprint density at radius 1 is 1.29 bits per heavy atom. The van der Waals surface area contributed by atoms with Crippen LogP contribution in [0, 0.1) is 5.92 Å². The first-order chi connectivity index (χ1) is 10.2. The lowest BCUT2D eigenvalue weighted by Crippen LogP contribution is -2.20. The maximum atomic E-state index is 6.00. The van der Waals surface area contributed by atoms with Crippen molar-refractivity contribution in [3.63, 3.8) is 0 Å². The topological polar surface area (TPSA) is 64.9 Å². The number of hydrogen-bond acceptors (Lipinski definition) is 4. The van der Waals surface area contributed by atoms with E-state index in [0.717, 1.165) is 48.2 Å².